The van der Waals surface area contributed by atoms with E-state index in [1.165, 1.54) is 0 Å². The first-order chi connectivity index (χ1) is 10.1. The summed E-state index contributed by atoms with van der Waals surface area (Å²) in [6.45, 7) is 1.75. The Labute approximate surface area is 122 Å². The van der Waals surface area contributed by atoms with Crippen LogP contribution < -0.4 is 5.32 Å². The number of nitrogens with zero attached hydrogens (tertiary/aromatic N) is 1. The quantitative estimate of drug-likeness (QED) is 0.754. The minimum absolute atomic E-state index is 0.00390. The number of aromatic nitrogens is 1. The zero-order valence-electron chi connectivity index (χ0n) is 11.5. The number of hydrogen-bond donors (Lipinski definition) is 2. The van der Waals surface area contributed by atoms with Gasteiger partial charge in [-0.05, 0) is 36.8 Å². The van der Waals surface area contributed by atoms with Crippen LogP contribution in [-0.2, 0) is 0 Å². The molecule has 0 aliphatic rings. The van der Waals surface area contributed by atoms with E-state index < -0.39 is 0 Å². The number of aryl methyl sites for hydroxylation is 1. The van der Waals surface area contributed by atoms with Gasteiger partial charge in [-0.15, -0.1) is 0 Å². The fourth-order valence-electron chi connectivity index (χ4n) is 2.16. The lowest BCUT2D eigenvalue weighted by Crippen LogP contribution is -2.13. The van der Waals surface area contributed by atoms with Crippen LogP contribution >= 0.6 is 0 Å². The number of anilines is 1. The molecule has 0 fully saturated rings. The van der Waals surface area contributed by atoms with Crippen molar-refractivity contribution in [2.75, 3.05) is 5.32 Å². The standard InChI is InChI=1S/C17H14N2O2/c1-11-5-4-7-13(16(11)20)17(21)19-15-10-9-12-6-2-3-8-14(12)18-15/h2-10,20H,1H3,(H,18,19,21). The number of carbonyl (C=O) groups is 1. The molecule has 2 aromatic carbocycles. The molecule has 0 saturated carbocycles. The Bertz CT molecular complexity index is 828. The minimum atomic E-state index is -0.376. The van der Waals surface area contributed by atoms with Gasteiger partial charge >= 0.3 is 0 Å². The zero-order valence-corrected chi connectivity index (χ0v) is 11.5. The minimum Gasteiger partial charge on any atom is -0.507 e. The summed E-state index contributed by atoms with van der Waals surface area (Å²) in [5.74, 6) is 0.0781. The predicted molar refractivity (Wildman–Crippen MR) is 82.5 cm³/mol. The number of nitrogens with one attached hydrogen (secondary N) is 1. The Morgan fingerprint density at radius 2 is 1.86 bits per heavy atom. The van der Waals surface area contributed by atoms with E-state index in [1.807, 2.05) is 30.3 Å². The van der Waals surface area contributed by atoms with Gasteiger partial charge in [0.25, 0.3) is 5.91 Å². The molecule has 0 atom stereocenters. The second kappa shape index (κ2) is 5.25. The van der Waals surface area contributed by atoms with E-state index in [-0.39, 0.29) is 17.2 Å². The molecular formula is C17H14N2O2. The molecule has 0 unspecified atom stereocenters. The van der Waals surface area contributed by atoms with Gasteiger partial charge in [-0.2, -0.15) is 0 Å². The molecule has 21 heavy (non-hydrogen) atoms. The van der Waals surface area contributed by atoms with E-state index >= 15 is 0 Å². The number of para-hydroxylation sites is 2. The SMILES string of the molecule is Cc1cccc(C(=O)Nc2ccc3ccccc3n2)c1O. The molecular weight excluding hydrogens is 264 g/mol. The number of hydrogen-bond acceptors (Lipinski definition) is 3. The normalized spacial score (nSPS) is 10.5. The van der Waals surface area contributed by atoms with E-state index in [9.17, 15) is 9.90 Å². The molecule has 0 bridgehead atoms. The van der Waals surface area contributed by atoms with Gasteiger partial charge < -0.3 is 10.4 Å². The van der Waals surface area contributed by atoms with E-state index in [2.05, 4.69) is 10.3 Å². The molecule has 1 heterocycles. The second-order valence-electron chi connectivity index (χ2n) is 4.81. The van der Waals surface area contributed by atoms with Gasteiger partial charge in [0.15, 0.2) is 0 Å². The van der Waals surface area contributed by atoms with Crippen LogP contribution in [0, 0.1) is 6.92 Å². The smallest absolute Gasteiger partial charge is 0.260 e. The van der Waals surface area contributed by atoms with Gasteiger partial charge in [-0.3, -0.25) is 4.79 Å². The van der Waals surface area contributed by atoms with Gasteiger partial charge in [0, 0.05) is 5.39 Å². The molecule has 2 N–H and O–H groups in total. The number of phenolic OH excluding ortho intramolecular Hbond substituents is 1. The third kappa shape index (κ3) is 2.56. The van der Waals surface area contributed by atoms with Gasteiger partial charge in [0.1, 0.15) is 11.6 Å². The van der Waals surface area contributed by atoms with Crippen molar-refractivity contribution >= 4 is 22.6 Å². The van der Waals surface area contributed by atoms with Crippen molar-refractivity contribution in [2.24, 2.45) is 0 Å². The molecule has 4 nitrogen and oxygen atoms in total. The highest BCUT2D eigenvalue weighted by molar-refractivity contribution is 6.06. The molecule has 0 radical (unpaired) electrons. The number of carbonyl (C=O) groups excluding carboxylic acids is 1. The third-order valence-electron chi connectivity index (χ3n) is 3.32. The average molecular weight is 278 g/mol. The number of pyridine rings is 1. The molecule has 1 aromatic heterocycles. The number of fused-ring (bicyclic) bond motifs is 1. The molecule has 1 amide bonds. The molecule has 3 rings (SSSR count). The maximum absolute atomic E-state index is 12.2. The van der Waals surface area contributed by atoms with Crippen LogP contribution in [0.15, 0.2) is 54.6 Å². The number of phenols is 1. The van der Waals surface area contributed by atoms with Crippen molar-refractivity contribution in [1.29, 1.82) is 0 Å². The Morgan fingerprint density at radius 3 is 2.71 bits per heavy atom. The van der Waals surface area contributed by atoms with Gasteiger partial charge in [0.05, 0.1) is 11.1 Å². The summed E-state index contributed by atoms with van der Waals surface area (Å²) in [5, 5.41) is 13.7. The highest BCUT2D eigenvalue weighted by atomic mass is 16.3. The molecule has 4 heteroatoms. The molecule has 104 valence electrons. The van der Waals surface area contributed by atoms with Crippen LogP contribution in [0.3, 0.4) is 0 Å². The summed E-state index contributed by atoms with van der Waals surface area (Å²) < 4.78 is 0. The highest BCUT2D eigenvalue weighted by Crippen LogP contribution is 2.22. The number of aromatic hydroxyl groups is 1. The van der Waals surface area contributed by atoms with Gasteiger partial charge in [0.2, 0.25) is 0 Å². The fraction of sp³-hybridized carbons (Fsp3) is 0.0588. The lowest BCUT2D eigenvalue weighted by Gasteiger charge is -2.08. The van der Waals surface area contributed by atoms with E-state index in [0.717, 1.165) is 10.9 Å². The molecule has 0 saturated heterocycles. The van der Waals surface area contributed by atoms with Crippen molar-refractivity contribution in [2.45, 2.75) is 6.92 Å². The molecule has 0 aliphatic carbocycles. The van der Waals surface area contributed by atoms with Gasteiger partial charge in [-0.25, -0.2) is 4.98 Å². The molecule has 3 aromatic rings. The fourth-order valence-corrected chi connectivity index (χ4v) is 2.16. The van der Waals surface area contributed by atoms with E-state index in [1.54, 1.807) is 31.2 Å². The summed E-state index contributed by atoms with van der Waals surface area (Å²) in [5.41, 5.74) is 1.71. The summed E-state index contributed by atoms with van der Waals surface area (Å²) in [7, 11) is 0. The maximum atomic E-state index is 12.2. The lowest BCUT2D eigenvalue weighted by molar-refractivity contribution is 0.102. The number of benzene rings is 2. The van der Waals surface area contributed by atoms with Crippen LogP contribution in [-0.4, -0.2) is 16.0 Å². The first-order valence-corrected chi connectivity index (χ1v) is 6.61. The zero-order chi connectivity index (χ0) is 14.8. The molecule has 0 aliphatic heterocycles. The molecule has 0 spiro atoms. The highest BCUT2D eigenvalue weighted by Gasteiger charge is 2.13. The largest absolute Gasteiger partial charge is 0.507 e. The van der Waals surface area contributed by atoms with Gasteiger partial charge in [-0.1, -0.05) is 30.3 Å². The monoisotopic (exact) mass is 278 g/mol. The van der Waals surface area contributed by atoms with E-state index in [4.69, 9.17) is 0 Å². The van der Waals surface area contributed by atoms with Crippen molar-refractivity contribution in [3.8, 4) is 5.75 Å². The maximum Gasteiger partial charge on any atom is 0.260 e. The first-order valence-electron chi connectivity index (χ1n) is 6.61. The van der Waals surface area contributed by atoms with Crippen molar-refractivity contribution in [3.63, 3.8) is 0 Å². The van der Waals surface area contributed by atoms with Crippen LogP contribution in [0.2, 0.25) is 0 Å². The van der Waals surface area contributed by atoms with Crippen LogP contribution in [0.5, 0.6) is 5.75 Å². The topological polar surface area (TPSA) is 62.2 Å². The Balaban J connectivity index is 1.91. The second-order valence-corrected chi connectivity index (χ2v) is 4.81. The average Bonchev–Trinajstić information content (AvgIpc) is 2.50. The van der Waals surface area contributed by atoms with Crippen molar-refractivity contribution in [1.82, 2.24) is 4.98 Å². The summed E-state index contributed by atoms with van der Waals surface area (Å²) in [4.78, 5) is 16.6. The Morgan fingerprint density at radius 1 is 1.05 bits per heavy atom. The van der Waals surface area contributed by atoms with Crippen molar-refractivity contribution in [3.05, 3.63) is 65.7 Å². The summed E-state index contributed by atoms with van der Waals surface area (Å²) >= 11 is 0. The van der Waals surface area contributed by atoms with Crippen molar-refractivity contribution < 1.29 is 9.90 Å². The predicted octanol–water partition coefficient (Wildman–Crippen LogP) is 3.50. The van der Waals surface area contributed by atoms with E-state index in [0.29, 0.717) is 11.4 Å². The Kier molecular flexibility index (Phi) is 3.28. The summed E-state index contributed by atoms with van der Waals surface area (Å²) in [6.07, 6.45) is 0. The Hall–Kier alpha value is -2.88. The summed E-state index contributed by atoms with van der Waals surface area (Å²) in [6, 6.07) is 16.4. The third-order valence-corrected chi connectivity index (χ3v) is 3.32. The van der Waals surface area contributed by atoms with Crippen LogP contribution in [0.25, 0.3) is 10.9 Å². The number of rotatable bonds is 2. The lowest BCUT2D eigenvalue weighted by atomic mass is 10.1. The van der Waals surface area contributed by atoms with Crippen LogP contribution in [0.4, 0.5) is 5.82 Å². The van der Waals surface area contributed by atoms with Crippen LogP contribution in [0.1, 0.15) is 15.9 Å². The first kappa shape index (κ1) is 13.1. The number of amides is 1.